The van der Waals surface area contributed by atoms with E-state index in [0.29, 0.717) is 11.4 Å². The fraction of sp³-hybridized carbons (Fsp3) is 0.238. The van der Waals surface area contributed by atoms with E-state index in [2.05, 4.69) is 16.0 Å². The Bertz CT molecular complexity index is 1010. The summed E-state index contributed by atoms with van der Waals surface area (Å²) in [6.07, 6.45) is -0.789. The first-order valence-electron chi connectivity index (χ1n) is 9.01. The lowest BCUT2D eigenvalue weighted by Crippen LogP contribution is -2.28. The van der Waals surface area contributed by atoms with Gasteiger partial charge in [0.2, 0.25) is 0 Å². The first-order valence-corrected chi connectivity index (χ1v) is 9.01. The third kappa shape index (κ3) is 5.71. The highest BCUT2D eigenvalue weighted by Crippen LogP contribution is 2.21. The molecule has 0 aliphatic heterocycles. The number of para-hydroxylation sites is 1. The van der Waals surface area contributed by atoms with E-state index in [1.54, 1.807) is 20.8 Å². The number of amides is 3. The summed E-state index contributed by atoms with van der Waals surface area (Å²) in [7, 11) is 0. The molecule has 3 N–H and O–H groups in total. The van der Waals surface area contributed by atoms with E-state index < -0.39 is 23.5 Å². The molecule has 1 heterocycles. The molecule has 1 aromatic heterocycles. The van der Waals surface area contributed by atoms with E-state index in [1.165, 1.54) is 12.1 Å². The molecule has 3 aromatic rings. The van der Waals surface area contributed by atoms with Crippen molar-refractivity contribution in [2.75, 3.05) is 10.6 Å². The number of hydrogen-bond donors (Lipinski definition) is 3. The average molecular weight is 399 g/mol. The van der Waals surface area contributed by atoms with E-state index in [9.17, 15) is 14.0 Å². The van der Waals surface area contributed by atoms with E-state index in [0.717, 1.165) is 17.0 Å². The molecule has 0 spiro atoms. The molecule has 0 unspecified atom stereocenters. The molecule has 3 rings (SSSR count). The number of furan rings is 1. The SMILES string of the molecule is CC(C)(C)OC(=O)Nc1cc(NC(=O)NCc2cc3ccccc3o2)ccc1F. The molecule has 0 aliphatic rings. The zero-order valence-electron chi connectivity index (χ0n) is 16.3. The van der Waals surface area contributed by atoms with Gasteiger partial charge in [0.1, 0.15) is 22.8 Å². The van der Waals surface area contributed by atoms with Crippen LogP contribution in [-0.2, 0) is 11.3 Å². The van der Waals surface area contributed by atoms with E-state index in [-0.39, 0.29) is 12.2 Å². The summed E-state index contributed by atoms with van der Waals surface area (Å²) in [6.45, 7) is 5.29. The number of nitrogens with one attached hydrogen (secondary N) is 3. The molecule has 8 heteroatoms. The van der Waals surface area contributed by atoms with Crippen molar-refractivity contribution in [1.29, 1.82) is 0 Å². The van der Waals surface area contributed by atoms with Crippen LogP contribution >= 0.6 is 0 Å². The number of carbonyl (C=O) groups is 2. The summed E-state index contributed by atoms with van der Waals surface area (Å²) in [5, 5.41) is 8.53. The second kappa shape index (κ2) is 8.22. The number of carbonyl (C=O) groups excluding carboxylic acids is 2. The van der Waals surface area contributed by atoms with Crippen LogP contribution in [0.5, 0.6) is 0 Å². The van der Waals surface area contributed by atoms with Crippen molar-refractivity contribution in [2.24, 2.45) is 0 Å². The molecule has 0 bridgehead atoms. The van der Waals surface area contributed by atoms with Crippen LogP contribution in [-0.4, -0.2) is 17.7 Å². The molecule has 0 saturated heterocycles. The van der Waals surface area contributed by atoms with Gasteiger partial charge in [-0.25, -0.2) is 14.0 Å². The van der Waals surface area contributed by atoms with Crippen molar-refractivity contribution in [1.82, 2.24) is 5.32 Å². The van der Waals surface area contributed by atoms with Gasteiger partial charge in [0.05, 0.1) is 12.2 Å². The molecular formula is C21H22FN3O4. The molecule has 29 heavy (non-hydrogen) atoms. The third-order valence-corrected chi connectivity index (χ3v) is 3.76. The molecule has 0 fully saturated rings. The van der Waals surface area contributed by atoms with Crippen molar-refractivity contribution < 1.29 is 23.1 Å². The van der Waals surface area contributed by atoms with Gasteiger partial charge in [0.15, 0.2) is 0 Å². The first-order chi connectivity index (χ1) is 13.7. The quantitative estimate of drug-likeness (QED) is 0.559. The molecule has 152 valence electrons. The summed E-state index contributed by atoms with van der Waals surface area (Å²) >= 11 is 0. The summed E-state index contributed by atoms with van der Waals surface area (Å²) in [4.78, 5) is 24.0. The smallest absolute Gasteiger partial charge is 0.412 e. The Kier molecular flexibility index (Phi) is 5.72. The second-order valence-electron chi connectivity index (χ2n) is 7.38. The Morgan fingerprint density at radius 2 is 1.83 bits per heavy atom. The standard InChI is InChI=1S/C21H22FN3O4/c1-21(2,3)29-20(27)25-17-11-14(8-9-16(17)22)24-19(26)23-12-15-10-13-6-4-5-7-18(13)28-15/h4-11H,12H2,1-3H3,(H,25,27)(H2,23,24,26). The maximum atomic E-state index is 14.0. The Balaban J connectivity index is 1.59. The number of ether oxygens (including phenoxy) is 1. The minimum Gasteiger partial charge on any atom is -0.459 e. The monoisotopic (exact) mass is 399 g/mol. The number of benzene rings is 2. The van der Waals surface area contributed by atoms with Crippen LogP contribution < -0.4 is 16.0 Å². The third-order valence-electron chi connectivity index (χ3n) is 3.76. The highest BCUT2D eigenvalue weighted by atomic mass is 19.1. The maximum absolute atomic E-state index is 14.0. The van der Waals surface area contributed by atoms with Gasteiger partial charge < -0.3 is 19.8 Å². The summed E-state index contributed by atoms with van der Waals surface area (Å²) in [5.74, 6) is -0.0446. The number of halogens is 1. The number of anilines is 2. The van der Waals surface area contributed by atoms with Crippen molar-refractivity contribution in [2.45, 2.75) is 32.9 Å². The summed E-state index contributed by atoms with van der Waals surface area (Å²) in [6, 6.07) is 12.7. The molecular weight excluding hydrogens is 377 g/mol. The fourth-order valence-corrected chi connectivity index (χ4v) is 2.58. The Morgan fingerprint density at radius 1 is 1.07 bits per heavy atom. The number of urea groups is 1. The molecule has 0 radical (unpaired) electrons. The van der Waals surface area contributed by atoms with Crippen molar-refractivity contribution in [3.8, 4) is 0 Å². The molecule has 0 atom stereocenters. The fourth-order valence-electron chi connectivity index (χ4n) is 2.58. The predicted molar refractivity (Wildman–Crippen MR) is 108 cm³/mol. The van der Waals surface area contributed by atoms with Crippen LogP contribution in [0.2, 0.25) is 0 Å². The minimum absolute atomic E-state index is 0.102. The van der Waals surface area contributed by atoms with Crippen LogP contribution in [0.3, 0.4) is 0 Å². The lowest BCUT2D eigenvalue weighted by Gasteiger charge is -2.20. The van der Waals surface area contributed by atoms with Gasteiger partial charge >= 0.3 is 12.1 Å². The van der Waals surface area contributed by atoms with Crippen LogP contribution in [0.1, 0.15) is 26.5 Å². The van der Waals surface area contributed by atoms with Crippen LogP contribution in [0.25, 0.3) is 11.0 Å². The zero-order chi connectivity index (χ0) is 21.0. The Labute approximate surface area is 167 Å². The normalized spacial score (nSPS) is 11.2. The Hall–Kier alpha value is -3.55. The molecule has 2 aromatic carbocycles. The number of hydrogen-bond acceptors (Lipinski definition) is 4. The second-order valence-corrected chi connectivity index (χ2v) is 7.38. The van der Waals surface area contributed by atoms with E-state index in [1.807, 2.05) is 30.3 Å². The molecule has 0 aliphatic carbocycles. The lowest BCUT2D eigenvalue weighted by atomic mass is 10.2. The molecule has 7 nitrogen and oxygen atoms in total. The Morgan fingerprint density at radius 3 is 2.55 bits per heavy atom. The van der Waals surface area contributed by atoms with Gasteiger partial charge in [-0.05, 0) is 51.1 Å². The van der Waals surface area contributed by atoms with Gasteiger partial charge in [0.25, 0.3) is 0 Å². The minimum atomic E-state index is -0.789. The van der Waals surface area contributed by atoms with E-state index in [4.69, 9.17) is 9.15 Å². The zero-order valence-corrected chi connectivity index (χ0v) is 16.3. The highest BCUT2D eigenvalue weighted by molar-refractivity contribution is 5.91. The van der Waals surface area contributed by atoms with Gasteiger partial charge in [0, 0.05) is 11.1 Å². The maximum Gasteiger partial charge on any atom is 0.412 e. The van der Waals surface area contributed by atoms with Gasteiger partial charge in [-0.2, -0.15) is 0 Å². The van der Waals surface area contributed by atoms with Crippen LogP contribution in [0, 0.1) is 5.82 Å². The average Bonchev–Trinajstić information content (AvgIpc) is 3.04. The highest BCUT2D eigenvalue weighted by Gasteiger charge is 2.18. The number of fused-ring (bicyclic) bond motifs is 1. The summed E-state index contributed by atoms with van der Waals surface area (Å²) < 4.78 is 24.7. The van der Waals surface area contributed by atoms with Gasteiger partial charge in [-0.15, -0.1) is 0 Å². The number of rotatable bonds is 4. The van der Waals surface area contributed by atoms with E-state index >= 15 is 0 Å². The van der Waals surface area contributed by atoms with Crippen LogP contribution in [0.4, 0.5) is 25.4 Å². The van der Waals surface area contributed by atoms with Crippen molar-refractivity contribution >= 4 is 34.5 Å². The van der Waals surface area contributed by atoms with Crippen molar-refractivity contribution in [3.63, 3.8) is 0 Å². The largest absolute Gasteiger partial charge is 0.459 e. The summed E-state index contributed by atoms with van der Waals surface area (Å²) in [5.41, 5.74) is 0.224. The molecule has 3 amide bonds. The van der Waals surface area contributed by atoms with Crippen molar-refractivity contribution in [3.05, 3.63) is 60.1 Å². The van der Waals surface area contributed by atoms with Gasteiger partial charge in [-0.1, -0.05) is 18.2 Å². The topological polar surface area (TPSA) is 92.6 Å². The lowest BCUT2D eigenvalue weighted by molar-refractivity contribution is 0.0635. The van der Waals surface area contributed by atoms with Crippen LogP contribution in [0.15, 0.2) is 52.9 Å². The molecule has 0 saturated carbocycles. The van der Waals surface area contributed by atoms with Gasteiger partial charge in [-0.3, -0.25) is 5.32 Å². The predicted octanol–water partition coefficient (Wildman–Crippen LogP) is 5.24. The first kappa shape index (κ1) is 20.2.